The molecule has 0 radical (unpaired) electrons. The van der Waals surface area contributed by atoms with Crippen molar-refractivity contribution < 1.29 is 76.3 Å². The Hall–Kier alpha value is -7.54. The summed E-state index contributed by atoms with van der Waals surface area (Å²) in [6, 6.07) is 2.44. The van der Waals surface area contributed by atoms with Crippen LogP contribution in [0.4, 0.5) is 39.5 Å². The second kappa shape index (κ2) is 30.3. The molecule has 8 heterocycles. The molecule has 514 valence electrons. The van der Waals surface area contributed by atoms with Crippen molar-refractivity contribution in [1.82, 2.24) is 45.0 Å². The molecule has 0 spiro atoms. The fourth-order valence-electron chi connectivity index (χ4n) is 14.8. The first kappa shape index (κ1) is 70.3. The van der Waals surface area contributed by atoms with Crippen LogP contribution in [0.5, 0.6) is 0 Å². The molecule has 6 aliphatic heterocycles. The first-order valence-electron chi connectivity index (χ1n) is 32.0. The third-order valence-corrected chi connectivity index (χ3v) is 21.6. The lowest BCUT2D eigenvalue weighted by molar-refractivity contribution is -0.137. The van der Waals surface area contributed by atoms with E-state index >= 15 is 0 Å². The molecular formula is C65H77F9N12O8S. The zero-order valence-corrected chi connectivity index (χ0v) is 52.9. The maximum atomic E-state index is 14.0. The summed E-state index contributed by atoms with van der Waals surface area (Å²) in [6.07, 6.45) is 15.8. The monoisotopic (exact) mass is 1360 g/mol. The highest BCUT2D eigenvalue weighted by atomic mass is 32.2. The van der Waals surface area contributed by atoms with Gasteiger partial charge in [0.15, 0.2) is 41.3 Å². The predicted molar refractivity (Wildman–Crippen MR) is 326 cm³/mol. The Morgan fingerprint density at radius 1 is 0.516 bits per heavy atom. The molecule has 3 aromatic carbocycles. The summed E-state index contributed by atoms with van der Waals surface area (Å²) in [4.78, 5) is 76.8. The van der Waals surface area contributed by atoms with Crippen molar-refractivity contribution in [3.63, 3.8) is 0 Å². The lowest BCUT2D eigenvalue weighted by atomic mass is 9.82. The number of nitrogens with zero attached hydrogens (tertiary/aromatic N) is 6. The second-order valence-corrected chi connectivity index (χ2v) is 28.1. The Morgan fingerprint density at radius 3 is 1.31 bits per heavy atom. The second-order valence-electron chi connectivity index (χ2n) is 26.1. The van der Waals surface area contributed by atoms with Crippen molar-refractivity contribution in [3.8, 4) is 0 Å². The Balaban J connectivity index is 0.000000156. The molecule has 6 bridgehead atoms. The zero-order valence-electron chi connectivity index (χ0n) is 52.1. The Bertz CT molecular complexity index is 3690. The quantitative estimate of drug-likeness (QED) is 0.0358. The summed E-state index contributed by atoms with van der Waals surface area (Å²) < 4.78 is 154. The molecule has 1 aliphatic carbocycles. The van der Waals surface area contributed by atoms with Gasteiger partial charge in [-0.15, -0.1) is 0 Å². The summed E-state index contributed by atoms with van der Waals surface area (Å²) in [5.41, 5.74) is 19.9. The van der Waals surface area contributed by atoms with Gasteiger partial charge in [0.2, 0.25) is 33.5 Å². The number of hydrogen-bond acceptors (Lipinski definition) is 14. The van der Waals surface area contributed by atoms with Gasteiger partial charge < -0.3 is 47.4 Å². The highest BCUT2D eigenvalue weighted by molar-refractivity contribution is 7.89. The molecule has 1 saturated carbocycles. The van der Waals surface area contributed by atoms with Gasteiger partial charge in [0.25, 0.3) is 11.8 Å². The van der Waals surface area contributed by atoms with Gasteiger partial charge >= 0.3 is 0 Å². The third-order valence-electron chi connectivity index (χ3n) is 19.7. The van der Waals surface area contributed by atoms with E-state index < -0.39 is 92.3 Å². The summed E-state index contributed by atoms with van der Waals surface area (Å²) in [6.45, 7) is 1.57. The summed E-state index contributed by atoms with van der Waals surface area (Å²) in [5.74, 6) is -10.9. The fourth-order valence-corrected chi connectivity index (χ4v) is 16.6. The van der Waals surface area contributed by atoms with E-state index in [9.17, 15) is 71.9 Å². The number of hydrogen-bond donors (Lipinski definition) is 6. The number of oxazole rings is 1. The zero-order chi connectivity index (χ0) is 68.2. The lowest BCUT2D eigenvalue weighted by Gasteiger charge is -2.41. The molecule has 20 nitrogen and oxygen atoms in total. The number of benzene rings is 3. The standard InChI is InChI=1S/C23H26F3N5O2.C21H25F3N4O4S.C21H26F3N3O2/c1-12-9-29-21(10-28-12)23(33)30-11-22(32)31-15-2-3-16(31)5-14(4-15)20(27)7-13-6-18(25)19(26)8-17(13)24;22-16-9-18(24)17(23)7-12(16)8-19(25)13-5-14-1-2-15(6-13)28(14)33(30,31)4-3-27-21(29)20-10-26-11-32-20;22-16-9-18(24)17(23)7-12(16)8-19(25)13-5-14-3-4-15(6-13)27(14)20(28)10-26-21(29)11-1-2-11/h6,8-10,14-16,20H,2-5,7,11,27H2,1H3,(H,30,33);7,9-11,13-15,19H,1-6,8,25H2,(H,27,29);7,9,11,13-15,19H,1-6,8,10,25H2,(H,26,29)/t14?,15-,16+,20-;2*13?,14-,15+,19-/m111/s1. The minimum atomic E-state index is -3.63. The van der Waals surface area contributed by atoms with Crippen molar-refractivity contribution in [3.05, 3.63) is 148 Å². The molecule has 9 N–H and O–H groups in total. The largest absolute Gasteiger partial charge is 0.438 e. The predicted octanol–water partition coefficient (Wildman–Crippen LogP) is 6.51. The van der Waals surface area contributed by atoms with Crippen LogP contribution in [0, 0.1) is 83.0 Å². The number of sulfonamides is 1. The molecule has 2 aromatic heterocycles. The van der Waals surface area contributed by atoms with Crippen LogP contribution in [0.15, 0.2) is 65.8 Å². The Morgan fingerprint density at radius 2 is 0.916 bits per heavy atom. The summed E-state index contributed by atoms with van der Waals surface area (Å²) >= 11 is 0. The molecule has 12 atom stereocenters. The van der Waals surface area contributed by atoms with Gasteiger partial charge in [-0.25, -0.2) is 57.9 Å². The van der Waals surface area contributed by atoms with E-state index in [1.807, 2.05) is 9.80 Å². The maximum Gasteiger partial charge on any atom is 0.288 e. The van der Waals surface area contributed by atoms with E-state index in [4.69, 9.17) is 21.6 Å². The first-order valence-corrected chi connectivity index (χ1v) is 33.6. The highest BCUT2D eigenvalue weighted by Gasteiger charge is 2.49. The smallest absolute Gasteiger partial charge is 0.288 e. The van der Waals surface area contributed by atoms with E-state index in [1.54, 1.807) is 6.92 Å². The van der Waals surface area contributed by atoms with E-state index in [-0.39, 0.29) is 150 Å². The number of nitrogens with one attached hydrogen (secondary N) is 3. The van der Waals surface area contributed by atoms with Crippen molar-refractivity contribution in [2.45, 2.75) is 170 Å². The van der Waals surface area contributed by atoms with E-state index in [2.05, 4.69) is 30.9 Å². The van der Waals surface area contributed by atoms with Crippen molar-refractivity contribution >= 4 is 39.6 Å². The number of rotatable bonds is 20. The molecule has 5 aromatic rings. The van der Waals surface area contributed by atoms with Gasteiger partial charge in [-0.3, -0.25) is 29.0 Å². The molecule has 95 heavy (non-hydrogen) atoms. The first-order chi connectivity index (χ1) is 45.2. The Labute approximate surface area is 543 Å². The molecular weight excluding hydrogens is 1280 g/mol. The van der Waals surface area contributed by atoms with Gasteiger partial charge in [0.05, 0.1) is 36.9 Å². The topological polar surface area (TPSA) is 295 Å². The van der Waals surface area contributed by atoms with E-state index in [0.717, 1.165) is 63.1 Å². The van der Waals surface area contributed by atoms with Gasteiger partial charge in [0, 0.05) is 91.2 Å². The number of aromatic nitrogens is 3. The fraction of sp³-hybridized carbons (Fsp3) is 0.538. The molecule has 6 saturated heterocycles. The highest BCUT2D eigenvalue weighted by Crippen LogP contribution is 2.44. The van der Waals surface area contributed by atoms with Crippen LogP contribution in [0.25, 0.3) is 0 Å². The molecule has 7 fully saturated rings. The summed E-state index contributed by atoms with van der Waals surface area (Å²) in [7, 11) is -3.63. The van der Waals surface area contributed by atoms with E-state index in [0.29, 0.717) is 75.3 Å². The van der Waals surface area contributed by atoms with Gasteiger partial charge in [0.1, 0.15) is 23.1 Å². The number of carbonyl (C=O) groups is 5. The number of amides is 5. The molecule has 7 aliphatic rings. The van der Waals surface area contributed by atoms with Crippen LogP contribution in [0.2, 0.25) is 0 Å². The van der Waals surface area contributed by atoms with Crippen LogP contribution >= 0.6 is 0 Å². The number of fused-ring (bicyclic) bond motifs is 6. The molecule has 5 amide bonds. The van der Waals surface area contributed by atoms with Crippen molar-refractivity contribution in [1.29, 1.82) is 0 Å². The molecule has 30 heteroatoms. The van der Waals surface area contributed by atoms with Crippen LogP contribution < -0.4 is 33.2 Å². The normalized spacial score (nSPS) is 24.5. The van der Waals surface area contributed by atoms with Crippen LogP contribution in [-0.2, 0) is 43.7 Å². The lowest BCUT2D eigenvalue weighted by Crippen LogP contribution is -2.52. The van der Waals surface area contributed by atoms with Crippen molar-refractivity contribution in [2.24, 2.45) is 40.9 Å². The molecule has 3 unspecified atom stereocenters. The van der Waals surface area contributed by atoms with Gasteiger partial charge in [-0.2, -0.15) is 4.31 Å². The third kappa shape index (κ3) is 17.0. The van der Waals surface area contributed by atoms with Crippen LogP contribution in [-0.4, -0.2) is 147 Å². The average molecular weight is 1360 g/mol. The van der Waals surface area contributed by atoms with E-state index in [1.165, 1.54) is 22.9 Å². The number of piperidine rings is 3. The number of aryl methyl sites for hydroxylation is 1. The SMILES string of the molecule is Cc1cnc(C(=O)NCC(=O)N2[C@@H]3CC[C@H]2CC([C@H](N)Cc2cc(F)c(F)cc2F)C3)cn1.N[C@H](Cc1cc(F)c(F)cc1F)C1C[C@H]2CC[C@@H](C1)N2C(=O)CNC(=O)C1CC1.N[C@H](Cc1cc(F)c(F)cc1F)C1C[C@H]2CC[C@@H](C1)N2S(=O)(=O)CCNC(=O)c1cnco1. The van der Waals surface area contributed by atoms with Crippen LogP contribution in [0.3, 0.4) is 0 Å². The van der Waals surface area contributed by atoms with Crippen molar-refractivity contribution in [2.75, 3.05) is 25.4 Å². The number of halogens is 9. The Kier molecular flexibility index (Phi) is 22.4. The average Bonchev–Trinajstić information content (AvgIpc) is 1.45. The number of nitrogens with two attached hydrogens (primary N) is 3. The van der Waals surface area contributed by atoms with Crippen LogP contribution in [0.1, 0.15) is 133 Å². The van der Waals surface area contributed by atoms with Gasteiger partial charge in [-0.1, -0.05) is 0 Å². The minimum absolute atomic E-state index is 0.000239. The number of carbonyl (C=O) groups excluding carboxylic acids is 5. The summed E-state index contributed by atoms with van der Waals surface area (Å²) in [5, 5.41) is 7.84. The van der Waals surface area contributed by atoms with Gasteiger partial charge in [-0.05, 0) is 169 Å². The molecule has 12 rings (SSSR count). The minimum Gasteiger partial charge on any atom is -0.438 e. The maximum absolute atomic E-state index is 14.0.